The van der Waals surface area contributed by atoms with E-state index in [1.807, 2.05) is 12.3 Å². The standard InChI is InChI=1S/C16H25N3O3/c20-14-10-18(11-15(21)16(14)22)9-12-3-6-19(7-4-12)13-2-1-5-17-8-13/h1-2,5,8,12,14-16,20-22H,3-4,6-7,9-11H2. The van der Waals surface area contributed by atoms with Crippen LogP contribution >= 0.6 is 0 Å². The molecule has 1 aromatic rings. The monoisotopic (exact) mass is 307 g/mol. The van der Waals surface area contributed by atoms with Gasteiger partial charge in [-0.05, 0) is 30.9 Å². The summed E-state index contributed by atoms with van der Waals surface area (Å²) in [6.45, 7) is 3.79. The maximum Gasteiger partial charge on any atom is 0.108 e. The van der Waals surface area contributed by atoms with Gasteiger partial charge in [0, 0.05) is 38.9 Å². The lowest BCUT2D eigenvalue weighted by Crippen LogP contribution is -2.56. The first-order valence-corrected chi connectivity index (χ1v) is 8.05. The zero-order valence-electron chi connectivity index (χ0n) is 12.8. The minimum atomic E-state index is -1.01. The predicted molar refractivity (Wildman–Crippen MR) is 83.6 cm³/mol. The highest BCUT2D eigenvalue weighted by Crippen LogP contribution is 2.24. The van der Waals surface area contributed by atoms with E-state index in [1.165, 1.54) is 5.69 Å². The number of hydrogen-bond donors (Lipinski definition) is 3. The van der Waals surface area contributed by atoms with Gasteiger partial charge in [-0.2, -0.15) is 0 Å². The highest BCUT2D eigenvalue weighted by molar-refractivity contribution is 5.43. The lowest BCUT2D eigenvalue weighted by Gasteiger charge is -2.40. The fraction of sp³-hybridized carbons (Fsp3) is 0.688. The quantitative estimate of drug-likeness (QED) is 0.711. The van der Waals surface area contributed by atoms with E-state index in [1.54, 1.807) is 6.20 Å². The summed E-state index contributed by atoms with van der Waals surface area (Å²) in [5.41, 5.74) is 1.17. The number of anilines is 1. The second-order valence-corrected chi connectivity index (χ2v) is 6.49. The lowest BCUT2D eigenvalue weighted by atomic mass is 9.94. The maximum absolute atomic E-state index is 9.77. The number of hydrogen-bond acceptors (Lipinski definition) is 6. The third-order valence-corrected chi connectivity index (χ3v) is 4.82. The van der Waals surface area contributed by atoms with Gasteiger partial charge in [-0.3, -0.25) is 9.88 Å². The number of pyridine rings is 1. The molecule has 0 bridgehead atoms. The van der Waals surface area contributed by atoms with Crippen molar-refractivity contribution >= 4 is 5.69 Å². The molecule has 1 aromatic heterocycles. The van der Waals surface area contributed by atoms with Crippen molar-refractivity contribution in [1.82, 2.24) is 9.88 Å². The number of aliphatic hydroxyl groups excluding tert-OH is 3. The summed E-state index contributed by atoms with van der Waals surface area (Å²) in [6, 6.07) is 4.05. The summed E-state index contributed by atoms with van der Waals surface area (Å²) < 4.78 is 0. The topological polar surface area (TPSA) is 80.1 Å². The molecule has 2 unspecified atom stereocenters. The van der Waals surface area contributed by atoms with Crippen LogP contribution < -0.4 is 4.90 Å². The van der Waals surface area contributed by atoms with Crippen molar-refractivity contribution < 1.29 is 15.3 Å². The largest absolute Gasteiger partial charge is 0.389 e. The molecule has 0 amide bonds. The third kappa shape index (κ3) is 3.57. The molecule has 3 N–H and O–H groups in total. The van der Waals surface area contributed by atoms with Gasteiger partial charge in [0.15, 0.2) is 0 Å². The summed E-state index contributed by atoms with van der Waals surface area (Å²) >= 11 is 0. The number of aromatic nitrogens is 1. The van der Waals surface area contributed by atoms with Crippen LogP contribution in [0, 0.1) is 5.92 Å². The highest BCUT2D eigenvalue weighted by atomic mass is 16.4. The van der Waals surface area contributed by atoms with Crippen LogP contribution in [0.4, 0.5) is 5.69 Å². The molecule has 0 radical (unpaired) electrons. The number of aliphatic hydroxyl groups is 3. The first kappa shape index (κ1) is 15.7. The van der Waals surface area contributed by atoms with E-state index >= 15 is 0 Å². The molecular weight excluding hydrogens is 282 g/mol. The smallest absolute Gasteiger partial charge is 0.108 e. The van der Waals surface area contributed by atoms with Gasteiger partial charge in [0.1, 0.15) is 6.10 Å². The van der Waals surface area contributed by atoms with Crippen molar-refractivity contribution in [1.29, 1.82) is 0 Å². The van der Waals surface area contributed by atoms with Crippen LogP contribution in [-0.2, 0) is 0 Å². The summed E-state index contributed by atoms with van der Waals surface area (Å²) in [5.74, 6) is 0.572. The Morgan fingerprint density at radius 3 is 2.36 bits per heavy atom. The first-order chi connectivity index (χ1) is 10.6. The molecule has 0 spiro atoms. The van der Waals surface area contributed by atoms with Crippen LogP contribution in [0.2, 0.25) is 0 Å². The Hall–Kier alpha value is -1.21. The Morgan fingerprint density at radius 1 is 1.09 bits per heavy atom. The van der Waals surface area contributed by atoms with Crippen LogP contribution in [-0.4, -0.2) is 76.2 Å². The molecule has 2 saturated heterocycles. The average molecular weight is 307 g/mol. The molecule has 0 saturated carbocycles. The van der Waals surface area contributed by atoms with E-state index in [0.717, 1.165) is 32.5 Å². The van der Waals surface area contributed by atoms with E-state index in [4.69, 9.17) is 0 Å². The molecule has 3 rings (SSSR count). The van der Waals surface area contributed by atoms with Gasteiger partial charge in [-0.1, -0.05) is 0 Å². The Balaban J connectivity index is 1.48. The number of likely N-dealkylation sites (tertiary alicyclic amines) is 1. The zero-order chi connectivity index (χ0) is 15.5. The Bertz CT molecular complexity index is 453. The van der Waals surface area contributed by atoms with Crippen molar-refractivity contribution in [3.63, 3.8) is 0 Å². The fourth-order valence-electron chi connectivity index (χ4n) is 3.50. The van der Waals surface area contributed by atoms with Crippen molar-refractivity contribution in [3.05, 3.63) is 24.5 Å². The molecule has 2 atom stereocenters. The molecule has 2 aliphatic heterocycles. The molecule has 22 heavy (non-hydrogen) atoms. The molecular formula is C16H25N3O3. The second-order valence-electron chi connectivity index (χ2n) is 6.49. The Morgan fingerprint density at radius 2 is 1.77 bits per heavy atom. The highest BCUT2D eigenvalue weighted by Gasteiger charge is 2.34. The van der Waals surface area contributed by atoms with Gasteiger partial charge in [-0.25, -0.2) is 0 Å². The molecule has 0 aromatic carbocycles. The van der Waals surface area contributed by atoms with Crippen LogP contribution in [0.1, 0.15) is 12.8 Å². The fourth-order valence-corrected chi connectivity index (χ4v) is 3.50. The van der Waals surface area contributed by atoms with Gasteiger partial charge < -0.3 is 20.2 Å². The molecule has 122 valence electrons. The van der Waals surface area contributed by atoms with Gasteiger partial charge in [0.2, 0.25) is 0 Å². The van der Waals surface area contributed by atoms with Crippen LogP contribution in [0.5, 0.6) is 0 Å². The first-order valence-electron chi connectivity index (χ1n) is 8.05. The Labute approximate surface area is 131 Å². The van der Waals surface area contributed by atoms with E-state index in [2.05, 4.69) is 20.9 Å². The van der Waals surface area contributed by atoms with Crippen molar-refractivity contribution in [2.24, 2.45) is 5.92 Å². The van der Waals surface area contributed by atoms with Crippen LogP contribution in [0.15, 0.2) is 24.5 Å². The van der Waals surface area contributed by atoms with Gasteiger partial charge in [-0.15, -0.1) is 0 Å². The minimum absolute atomic E-state index is 0.445. The minimum Gasteiger partial charge on any atom is -0.389 e. The number of nitrogens with zero attached hydrogens (tertiary/aromatic N) is 3. The number of β-amino-alcohol motifs (C(OH)–C–C–N with tert-alkyl or cyclic N) is 2. The van der Waals surface area contributed by atoms with E-state index in [9.17, 15) is 15.3 Å². The molecule has 0 aliphatic carbocycles. The summed E-state index contributed by atoms with van der Waals surface area (Å²) in [4.78, 5) is 8.60. The van der Waals surface area contributed by atoms with Crippen LogP contribution in [0.25, 0.3) is 0 Å². The molecule has 6 heteroatoms. The van der Waals surface area contributed by atoms with E-state index in [-0.39, 0.29) is 0 Å². The van der Waals surface area contributed by atoms with Crippen molar-refractivity contribution in [3.8, 4) is 0 Å². The SMILES string of the molecule is OC1CN(CC2CCN(c3cccnc3)CC2)CC(O)C1O. The lowest BCUT2D eigenvalue weighted by molar-refractivity contribution is -0.112. The van der Waals surface area contributed by atoms with Crippen LogP contribution in [0.3, 0.4) is 0 Å². The van der Waals surface area contributed by atoms with Crippen molar-refractivity contribution in [2.75, 3.05) is 37.6 Å². The Kier molecular flexibility index (Phi) is 4.93. The number of piperidine rings is 2. The zero-order valence-corrected chi connectivity index (χ0v) is 12.8. The van der Waals surface area contributed by atoms with Gasteiger partial charge >= 0.3 is 0 Å². The third-order valence-electron chi connectivity index (χ3n) is 4.82. The second kappa shape index (κ2) is 6.91. The number of rotatable bonds is 3. The van der Waals surface area contributed by atoms with Gasteiger partial charge in [0.25, 0.3) is 0 Å². The molecule has 2 fully saturated rings. The van der Waals surface area contributed by atoms with E-state index < -0.39 is 18.3 Å². The summed E-state index contributed by atoms with van der Waals surface area (Å²) in [6.07, 6.45) is 3.18. The maximum atomic E-state index is 9.77. The van der Waals surface area contributed by atoms with Gasteiger partial charge in [0.05, 0.1) is 24.1 Å². The normalized spacial score (nSPS) is 31.4. The molecule has 3 heterocycles. The predicted octanol–water partition coefficient (Wildman–Crippen LogP) is -0.304. The molecule has 2 aliphatic rings. The average Bonchev–Trinajstić information content (AvgIpc) is 2.54. The summed E-state index contributed by atoms with van der Waals surface area (Å²) in [7, 11) is 0. The van der Waals surface area contributed by atoms with Crippen molar-refractivity contribution in [2.45, 2.75) is 31.2 Å². The molecule has 6 nitrogen and oxygen atoms in total. The van der Waals surface area contributed by atoms with E-state index in [0.29, 0.717) is 19.0 Å². The summed E-state index contributed by atoms with van der Waals surface area (Å²) in [5, 5.41) is 29.1.